The highest BCUT2D eigenvalue weighted by Gasteiger charge is 2.36. The molecule has 11 nitrogen and oxygen atoms in total. The second-order valence-corrected chi connectivity index (χ2v) is 14.5. The van der Waals surface area contributed by atoms with Crippen molar-refractivity contribution in [3.05, 3.63) is 47.5 Å². The number of thiazole rings is 1. The molecule has 1 aliphatic rings. The number of fused-ring (bicyclic) bond motifs is 1. The molecule has 0 saturated carbocycles. The van der Waals surface area contributed by atoms with Crippen LogP contribution < -0.4 is 15.2 Å². The number of carbonyl (C=O) groups is 1. The van der Waals surface area contributed by atoms with Gasteiger partial charge >= 0.3 is 0 Å². The van der Waals surface area contributed by atoms with E-state index < -0.39 is 36.8 Å². The number of ether oxygens (including phenoxy) is 2. The van der Waals surface area contributed by atoms with Gasteiger partial charge < -0.3 is 14.8 Å². The van der Waals surface area contributed by atoms with Gasteiger partial charge in [-0.2, -0.15) is 0 Å². The first kappa shape index (κ1) is 30.3. The number of hydrogen-bond acceptors (Lipinski definition) is 10. The quantitative estimate of drug-likeness (QED) is 0.295. The Morgan fingerprint density at radius 2 is 1.80 bits per heavy atom. The predicted molar refractivity (Wildman–Crippen MR) is 156 cm³/mol. The zero-order chi connectivity index (χ0) is 28.8. The van der Waals surface area contributed by atoms with Crippen molar-refractivity contribution >= 4 is 47.3 Å². The molecule has 14 heteroatoms. The highest BCUT2D eigenvalue weighted by atomic mass is 32.2. The number of nitrogens with zero attached hydrogens (tertiary/aromatic N) is 2. The molecule has 40 heavy (non-hydrogen) atoms. The molecule has 0 spiro atoms. The summed E-state index contributed by atoms with van der Waals surface area (Å²) in [5.41, 5.74) is 2.43. The van der Waals surface area contributed by atoms with E-state index in [0.717, 1.165) is 65.8 Å². The first-order valence-corrected chi connectivity index (χ1v) is 17.2. The molecule has 1 aromatic heterocycles. The lowest BCUT2D eigenvalue weighted by Crippen LogP contribution is -2.38. The van der Waals surface area contributed by atoms with E-state index in [4.69, 9.17) is 14.6 Å². The molecule has 1 atom stereocenters. The van der Waals surface area contributed by atoms with Gasteiger partial charge in [-0.05, 0) is 41.8 Å². The van der Waals surface area contributed by atoms with Gasteiger partial charge in [-0.25, -0.2) is 27.0 Å². The van der Waals surface area contributed by atoms with E-state index in [1.54, 1.807) is 13.0 Å². The van der Waals surface area contributed by atoms with E-state index in [1.807, 2.05) is 36.4 Å². The summed E-state index contributed by atoms with van der Waals surface area (Å²) in [5, 5.41) is 5.98. The Morgan fingerprint density at radius 1 is 1.10 bits per heavy atom. The van der Waals surface area contributed by atoms with Gasteiger partial charge in [-0.1, -0.05) is 25.1 Å². The number of rotatable bonds is 13. The maximum Gasteiger partial charge on any atom is 0.245 e. The van der Waals surface area contributed by atoms with Crippen LogP contribution in [0.3, 0.4) is 0 Å². The molecule has 1 fully saturated rings. The molecule has 2 aromatic carbocycles. The largest absolute Gasteiger partial charge is 0.492 e. The van der Waals surface area contributed by atoms with Crippen LogP contribution in [0.25, 0.3) is 21.3 Å². The Hall–Kier alpha value is -2.62. The zero-order valence-corrected chi connectivity index (χ0v) is 24.7. The van der Waals surface area contributed by atoms with Gasteiger partial charge in [-0.3, -0.25) is 9.69 Å². The van der Waals surface area contributed by atoms with E-state index in [1.165, 1.54) is 0 Å². The van der Waals surface area contributed by atoms with Crippen LogP contribution >= 0.6 is 11.3 Å². The third-order valence-corrected chi connectivity index (χ3v) is 10.5. The number of amides is 1. The minimum atomic E-state index is -3.89. The second-order valence-electron chi connectivity index (χ2n) is 9.47. The zero-order valence-electron chi connectivity index (χ0n) is 22.2. The van der Waals surface area contributed by atoms with Crippen molar-refractivity contribution in [2.24, 2.45) is 5.14 Å². The lowest BCUT2D eigenvalue weighted by molar-refractivity contribution is -0.120. The Morgan fingerprint density at radius 3 is 2.48 bits per heavy atom. The van der Waals surface area contributed by atoms with Crippen molar-refractivity contribution in [1.82, 2.24) is 15.2 Å². The Balaban J connectivity index is 1.49. The molecule has 1 amide bonds. The van der Waals surface area contributed by atoms with Crippen molar-refractivity contribution in [2.45, 2.75) is 18.6 Å². The number of hydrogen-bond donors (Lipinski definition) is 2. The maximum absolute atomic E-state index is 13.0. The average Bonchev–Trinajstić information content (AvgIpc) is 3.31. The predicted octanol–water partition coefficient (Wildman–Crippen LogP) is 1.94. The highest BCUT2D eigenvalue weighted by Crippen LogP contribution is 2.34. The Labute approximate surface area is 238 Å². The van der Waals surface area contributed by atoms with Gasteiger partial charge in [-0.15, -0.1) is 11.3 Å². The van der Waals surface area contributed by atoms with Crippen LogP contribution in [-0.2, 0) is 29.4 Å². The van der Waals surface area contributed by atoms with Crippen LogP contribution in [0.4, 0.5) is 0 Å². The molecule has 2 heterocycles. The third kappa shape index (κ3) is 8.21. The molecule has 3 N–H and O–H groups in total. The van der Waals surface area contributed by atoms with Crippen LogP contribution in [0.2, 0.25) is 0 Å². The molecule has 218 valence electrons. The number of aromatic nitrogens is 1. The molecule has 0 bridgehead atoms. The summed E-state index contributed by atoms with van der Waals surface area (Å²) in [6.07, 6.45) is 0.325. The van der Waals surface area contributed by atoms with E-state index in [-0.39, 0.29) is 17.3 Å². The van der Waals surface area contributed by atoms with Crippen molar-refractivity contribution < 1.29 is 31.1 Å². The normalized spacial score (nSPS) is 15.7. The van der Waals surface area contributed by atoms with Gasteiger partial charge in [0.05, 0.1) is 34.9 Å². The van der Waals surface area contributed by atoms with Crippen LogP contribution in [0.5, 0.6) is 5.75 Å². The summed E-state index contributed by atoms with van der Waals surface area (Å²) in [6, 6.07) is 13.3. The van der Waals surface area contributed by atoms with Crippen LogP contribution in [0.15, 0.2) is 42.5 Å². The molecule has 0 radical (unpaired) electrons. The fraction of sp³-hybridized carbons (Fsp3) is 0.462. The minimum Gasteiger partial charge on any atom is -0.492 e. The molecular weight excluding hydrogens is 577 g/mol. The molecule has 1 aliphatic heterocycles. The van der Waals surface area contributed by atoms with Crippen molar-refractivity contribution in [1.29, 1.82) is 0 Å². The van der Waals surface area contributed by atoms with Gasteiger partial charge in [0.15, 0.2) is 15.1 Å². The summed E-state index contributed by atoms with van der Waals surface area (Å²) < 4.78 is 60.5. The van der Waals surface area contributed by atoms with E-state index in [2.05, 4.69) is 15.2 Å². The third-order valence-electron chi connectivity index (χ3n) is 6.37. The van der Waals surface area contributed by atoms with Crippen LogP contribution in [-0.4, -0.2) is 90.1 Å². The fourth-order valence-corrected chi connectivity index (χ4v) is 7.87. The van der Waals surface area contributed by atoms with Gasteiger partial charge in [0, 0.05) is 26.2 Å². The monoisotopic (exact) mass is 610 g/mol. The number of sulfonamides is 1. The SMILES string of the molecule is CCCS(=O)(=O)C(C(=O)NCCS(N)(=O)=O)c1nc2ccc(-c3ccc(OCCN4CCOCC4)cc3)cc2s1. The average molecular weight is 611 g/mol. The summed E-state index contributed by atoms with van der Waals surface area (Å²) in [7, 11) is -7.70. The van der Waals surface area contributed by atoms with Crippen molar-refractivity contribution in [2.75, 3.05) is 57.5 Å². The first-order valence-electron chi connectivity index (χ1n) is 13.0. The van der Waals surface area contributed by atoms with E-state index in [0.29, 0.717) is 18.5 Å². The molecular formula is C26H34N4O7S3. The molecule has 3 aromatic rings. The molecule has 1 unspecified atom stereocenters. The molecule has 1 saturated heterocycles. The number of primary sulfonamides is 1. The highest BCUT2D eigenvalue weighted by molar-refractivity contribution is 7.92. The Kier molecular flexibility index (Phi) is 10.1. The summed E-state index contributed by atoms with van der Waals surface area (Å²) in [6.45, 7) is 6.18. The summed E-state index contributed by atoms with van der Waals surface area (Å²) in [4.78, 5) is 19.7. The Bertz CT molecular complexity index is 1520. The number of carbonyl (C=O) groups excluding carboxylic acids is 1. The van der Waals surface area contributed by atoms with Crippen LogP contribution in [0, 0.1) is 0 Å². The topological polar surface area (TPSA) is 158 Å². The smallest absolute Gasteiger partial charge is 0.245 e. The van der Waals surface area contributed by atoms with Crippen molar-refractivity contribution in [3.63, 3.8) is 0 Å². The van der Waals surface area contributed by atoms with Crippen LogP contribution in [0.1, 0.15) is 23.6 Å². The van der Waals surface area contributed by atoms with Crippen molar-refractivity contribution in [3.8, 4) is 16.9 Å². The summed E-state index contributed by atoms with van der Waals surface area (Å²) in [5.74, 6) is -0.751. The van der Waals surface area contributed by atoms with Gasteiger partial charge in [0.2, 0.25) is 15.9 Å². The molecule has 4 rings (SSSR count). The number of morpholine rings is 1. The minimum absolute atomic E-state index is 0.137. The van der Waals surface area contributed by atoms with Gasteiger partial charge in [0.1, 0.15) is 17.4 Å². The summed E-state index contributed by atoms with van der Waals surface area (Å²) >= 11 is 1.13. The van der Waals surface area contributed by atoms with Gasteiger partial charge in [0.25, 0.3) is 0 Å². The maximum atomic E-state index is 13.0. The number of nitrogens with one attached hydrogen (secondary N) is 1. The van der Waals surface area contributed by atoms with E-state index >= 15 is 0 Å². The number of benzene rings is 2. The fourth-order valence-electron chi connectivity index (χ4n) is 4.34. The van der Waals surface area contributed by atoms with E-state index in [9.17, 15) is 21.6 Å². The standard InChI is InChI=1S/C26H34N4O7S3/c1-2-16-39(32,33)24(25(31)28-9-17-40(27,34)35)26-29-22-8-5-20(18-23(22)38-26)19-3-6-21(7-4-19)37-15-12-30-10-13-36-14-11-30/h3-8,18,24H,2,9-17H2,1H3,(H,28,31)(H2,27,34,35). The lowest BCUT2D eigenvalue weighted by Gasteiger charge is -2.26. The first-order chi connectivity index (χ1) is 19.1. The lowest BCUT2D eigenvalue weighted by atomic mass is 10.1. The molecule has 0 aliphatic carbocycles. The number of sulfone groups is 1. The second kappa shape index (κ2) is 13.4. The number of nitrogens with two attached hydrogens (primary N) is 1.